The van der Waals surface area contributed by atoms with Gasteiger partial charge in [0.2, 0.25) is 11.8 Å². The highest BCUT2D eigenvalue weighted by Gasteiger charge is 2.36. The van der Waals surface area contributed by atoms with Gasteiger partial charge in [-0.05, 0) is 25.5 Å². The van der Waals surface area contributed by atoms with Gasteiger partial charge in [-0.25, -0.2) is 0 Å². The maximum atomic E-state index is 12.1. The topological polar surface area (TPSA) is 88.8 Å². The Labute approximate surface area is 122 Å². The summed E-state index contributed by atoms with van der Waals surface area (Å²) in [6.07, 6.45) is 0.752. The van der Waals surface area contributed by atoms with Crippen molar-refractivity contribution in [2.24, 2.45) is 0 Å². The normalized spacial score (nSPS) is 17.9. The van der Waals surface area contributed by atoms with Crippen LogP contribution in [-0.4, -0.2) is 42.4 Å². The van der Waals surface area contributed by atoms with Gasteiger partial charge in [0.1, 0.15) is 24.1 Å². The smallest absolute Gasteiger partial charge is 0.325 e. The zero-order chi connectivity index (χ0) is 15.4. The molecule has 2 heterocycles. The summed E-state index contributed by atoms with van der Waals surface area (Å²) >= 11 is 0. The minimum absolute atomic E-state index is 0.0951. The Morgan fingerprint density at radius 1 is 1.48 bits per heavy atom. The van der Waals surface area contributed by atoms with E-state index in [1.165, 1.54) is 12.0 Å². The van der Waals surface area contributed by atoms with Crippen molar-refractivity contribution in [1.29, 1.82) is 0 Å². The first-order chi connectivity index (χ1) is 10.0. The number of esters is 1. The lowest BCUT2D eigenvalue weighted by molar-refractivity contribution is -0.142. The SMILES string of the molecule is COC(=O)CNC(=O)[C@H]1CCC(=O)N1Cc1ccc(C)o1. The van der Waals surface area contributed by atoms with Gasteiger partial charge in [0, 0.05) is 6.42 Å². The van der Waals surface area contributed by atoms with Crippen molar-refractivity contribution in [2.75, 3.05) is 13.7 Å². The number of nitrogens with zero attached hydrogens (tertiary/aromatic N) is 1. The molecule has 7 heteroatoms. The molecule has 0 bridgehead atoms. The highest BCUT2D eigenvalue weighted by molar-refractivity contribution is 5.92. The molecule has 1 aliphatic rings. The molecule has 1 atom stereocenters. The largest absolute Gasteiger partial charge is 0.468 e. The van der Waals surface area contributed by atoms with E-state index in [1.54, 1.807) is 6.07 Å². The van der Waals surface area contributed by atoms with Gasteiger partial charge in [0.25, 0.3) is 0 Å². The average Bonchev–Trinajstić information content (AvgIpc) is 3.03. The summed E-state index contributed by atoms with van der Waals surface area (Å²) in [6.45, 7) is 1.87. The van der Waals surface area contributed by atoms with E-state index < -0.39 is 12.0 Å². The second-order valence-corrected chi connectivity index (χ2v) is 4.88. The van der Waals surface area contributed by atoms with Crippen LogP contribution in [0.4, 0.5) is 0 Å². The Bertz CT molecular complexity index is 551. The van der Waals surface area contributed by atoms with Crippen LogP contribution in [0.25, 0.3) is 0 Å². The third kappa shape index (κ3) is 3.62. The van der Waals surface area contributed by atoms with Crippen LogP contribution in [-0.2, 0) is 25.7 Å². The van der Waals surface area contributed by atoms with Gasteiger partial charge in [0.05, 0.1) is 13.7 Å². The van der Waals surface area contributed by atoms with Crippen molar-refractivity contribution in [3.8, 4) is 0 Å². The Balaban J connectivity index is 1.99. The summed E-state index contributed by atoms with van der Waals surface area (Å²) in [5.41, 5.74) is 0. The first-order valence-corrected chi connectivity index (χ1v) is 6.70. The van der Waals surface area contributed by atoms with Crippen molar-refractivity contribution in [3.05, 3.63) is 23.7 Å². The molecule has 1 fully saturated rings. The molecular weight excluding hydrogens is 276 g/mol. The Kier molecular flexibility index (Phi) is 4.62. The second kappa shape index (κ2) is 6.43. The van der Waals surface area contributed by atoms with Crippen LogP contribution in [0.3, 0.4) is 0 Å². The number of hydrogen-bond donors (Lipinski definition) is 1. The molecule has 21 heavy (non-hydrogen) atoms. The van der Waals surface area contributed by atoms with E-state index in [4.69, 9.17) is 4.42 Å². The second-order valence-electron chi connectivity index (χ2n) is 4.88. The van der Waals surface area contributed by atoms with Crippen LogP contribution in [0, 0.1) is 6.92 Å². The molecule has 1 aromatic rings. The summed E-state index contributed by atoms with van der Waals surface area (Å²) in [6, 6.07) is 3.01. The average molecular weight is 294 g/mol. The molecule has 0 radical (unpaired) electrons. The van der Waals surface area contributed by atoms with Gasteiger partial charge in [-0.2, -0.15) is 0 Å². The number of aryl methyl sites for hydroxylation is 1. The Morgan fingerprint density at radius 2 is 2.24 bits per heavy atom. The van der Waals surface area contributed by atoms with Gasteiger partial charge in [-0.15, -0.1) is 0 Å². The van der Waals surface area contributed by atoms with Gasteiger partial charge in [0.15, 0.2) is 0 Å². The number of carbonyl (C=O) groups is 3. The lowest BCUT2D eigenvalue weighted by atomic mass is 10.2. The molecule has 2 rings (SSSR count). The zero-order valence-electron chi connectivity index (χ0n) is 12.0. The molecule has 0 aliphatic carbocycles. The molecule has 1 aliphatic heterocycles. The highest BCUT2D eigenvalue weighted by atomic mass is 16.5. The summed E-state index contributed by atoms with van der Waals surface area (Å²) in [7, 11) is 1.25. The summed E-state index contributed by atoms with van der Waals surface area (Å²) in [5.74, 6) is 0.412. The minimum atomic E-state index is -0.576. The molecule has 1 saturated heterocycles. The summed E-state index contributed by atoms with van der Waals surface area (Å²) in [4.78, 5) is 36.5. The molecular formula is C14H18N2O5. The Hall–Kier alpha value is -2.31. The van der Waals surface area contributed by atoms with Crippen molar-refractivity contribution >= 4 is 17.8 Å². The number of amides is 2. The number of ether oxygens (including phenoxy) is 1. The van der Waals surface area contributed by atoms with E-state index in [0.29, 0.717) is 18.6 Å². The molecule has 114 valence electrons. The van der Waals surface area contributed by atoms with Crippen LogP contribution in [0.2, 0.25) is 0 Å². The van der Waals surface area contributed by atoms with Crippen LogP contribution in [0.5, 0.6) is 0 Å². The van der Waals surface area contributed by atoms with Crippen LogP contribution >= 0.6 is 0 Å². The first kappa shape index (κ1) is 15.1. The minimum Gasteiger partial charge on any atom is -0.468 e. The highest BCUT2D eigenvalue weighted by Crippen LogP contribution is 2.22. The molecule has 2 amide bonds. The predicted octanol–water partition coefficient (Wildman–Crippen LogP) is 0.368. The number of hydrogen-bond acceptors (Lipinski definition) is 5. The van der Waals surface area contributed by atoms with Crippen LogP contribution < -0.4 is 5.32 Å². The number of likely N-dealkylation sites (tertiary alicyclic amines) is 1. The van der Waals surface area contributed by atoms with E-state index >= 15 is 0 Å². The molecule has 1 aromatic heterocycles. The number of carbonyl (C=O) groups excluding carboxylic acids is 3. The van der Waals surface area contributed by atoms with Crippen molar-refractivity contribution in [3.63, 3.8) is 0 Å². The van der Waals surface area contributed by atoms with E-state index in [9.17, 15) is 14.4 Å². The number of rotatable bonds is 5. The van der Waals surface area contributed by atoms with E-state index in [0.717, 1.165) is 5.76 Å². The predicted molar refractivity (Wildman–Crippen MR) is 72.0 cm³/mol. The lowest BCUT2D eigenvalue weighted by Gasteiger charge is -2.22. The maximum Gasteiger partial charge on any atom is 0.325 e. The van der Waals surface area contributed by atoms with Gasteiger partial charge in [-0.1, -0.05) is 0 Å². The molecule has 0 spiro atoms. The molecule has 0 aromatic carbocycles. The molecule has 0 saturated carbocycles. The Morgan fingerprint density at radius 3 is 2.86 bits per heavy atom. The fourth-order valence-electron chi connectivity index (χ4n) is 2.29. The number of nitrogens with one attached hydrogen (secondary N) is 1. The molecule has 7 nitrogen and oxygen atoms in total. The fraction of sp³-hybridized carbons (Fsp3) is 0.500. The van der Waals surface area contributed by atoms with Crippen LogP contribution in [0.1, 0.15) is 24.4 Å². The third-order valence-corrected chi connectivity index (χ3v) is 3.39. The number of methoxy groups -OCH3 is 1. The quantitative estimate of drug-likeness (QED) is 0.792. The maximum absolute atomic E-state index is 12.1. The van der Waals surface area contributed by atoms with Gasteiger partial charge >= 0.3 is 5.97 Å². The first-order valence-electron chi connectivity index (χ1n) is 6.70. The van der Waals surface area contributed by atoms with E-state index in [2.05, 4.69) is 10.1 Å². The van der Waals surface area contributed by atoms with E-state index in [-0.39, 0.29) is 24.9 Å². The molecule has 1 N–H and O–H groups in total. The fourth-order valence-corrected chi connectivity index (χ4v) is 2.29. The van der Waals surface area contributed by atoms with Gasteiger partial charge in [-0.3, -0.25) is 14.4 Å². The number of furan rings is 1. The summed E-state index contributed by atoms with van der Waals surface area (Å²) in [5, 5.41) is 2.48. The van der Waals surface area contributed by atoms with Crippen molar-refractivity contribution < 1.29 is 23.5 Å². The van der Waals surface area contributed by atoms with Gasteiger partial charge < -0.3 is 19.4 Å². The van der Waals surface area contributed by atoms with E-state index in [1.807, 2.05) is 13.0 Å². The summed E-state index contributed by atoms with van der Waals surface area (Å²) < 4.78 is 9.90. The molecule has 0 unspecified atom stereocenters. The lowest BCUT2D eigenvalue weighted by Crippen LogP contribution is -2.45. The van der Waals surface area contributed by atoms with Crippen molar-refractivity contribution in [2.45, 2.75) is 32.4 Å². The van der Waals surface area contributed by atoms with Crippen molar-refractivity contribution in [1.82, 2.24) is 10.2 Å². The standard InChI is InChI=1S/C14H18N2O5/c1-9-3-4-10(21-9)8-16-11(5-6-12(16)17)14(19)15-7-13(18)20-2/h3-4,11H,5-8H2,1-2H3,(H,15,19)/t11-/m1/s1. The third-order valence-electron chi connectivity index (χ3n) is 3.39. The van der Waals surface area contributed by atoms with Crippen LogP contribution in [0.15, 0.2) is 16.5 Å². The monoisotopic (exact) mass is 294 g/mol. The zero-order valence-corrected chi connectivity index (χ0v) is 12.0.